The summed E-state index contributed by atoms with van der Waals surface area (Å²) >= 11 is 0. The maximum atomic E-state index is 5.67. The first-order valence-corrected chi connectivity index (χ1v) is 5.64. The van der Waals surface area contributed by atoms with Gasteiger partial charge in [-0.25, -0.2) is 0 Å². The molecule has 0 aromatic carbocycles. The lowest BCUT2D eigenvalue weighted by molar-refractivity contribution is 0.304. The Hall–Kier alpha value is -1.09. The summed E-state index contributed by atoms with van der Waals surface area (Å²) in [5.41, 5.74) is 1.18. The normalized spacial score (nSPS) is 10.3. The second kappa shape index (κ2) is 7.23. The Morgan fingerprint density at radius 2 is 2.27 bits per heavy atom. The second-order valence-electron chi connectivity index (χ2n) is 3.47. The summed E-state index contributed by atoms with van der Waals surface area (Å²) in [5, 5.41) is 3.29. The second-order valence-corrected chi connectivity index (χ2v) is 3.47. The van der Waals surface area contributed by atoms with Gasteiger partial charge >= 0.3 is 0 Å². The largest absolute Gasteiger partial charge is 0.492 e. The van der Waals surface area contributed by atoms with Gasteiger partial charge in [0.1, 0.15) is 5.75 Å². The first kappa shape index (κ1) is 12.0. The molecule has 0 aliphatic rings. The molecule has 0 saturated carbocycles. The van der Waals surface area contributed by atoms with Crippen LogP contribution in [0.2, 0.25) is 0 Å². The molecule has 1 aromatic rings. The summed E-state index contributed by atoms with van der Waals surface area (Å²) < 4.78 is 5.67. The predicted octanol–water partition coefficient (Wildman–Crippen LogP) is 2.37. The fraction of sp³-hybridized carbons (Fsp3) is 0.583. The average molecular weight is 208 g/mol. The summed E-state index contributed by atoms with van der Waals surface area (Å²) in [6.45, 7) is 6.85. The first-order valence-electron chi connectivity index (χ1n) is 5.64. The Morgan fingerprint density at radius 3 is 3.00 bits per heavy atom. The minimum Gasteiger partial charge on any atom is -0.492 e. The van der Waals surface area contributed by atoms with Gasteiger partial charge in [0, 0.05) is 18.3 Å². The van der Waals surface area contributed by atoms with Crippen LogP contribution < -0.4 is 10.1 Å². The molecule has 0 amide bonds. The van der Waals surface area contributed by atoms with Crippen molar-refractivity contribution in [2.24, 2.45) is 0 Å². The van der Waals surface area contributed by atoms with Crippen molar-refractivity contribution in [3.8, 4) is 5.75 Å². The Balaban J connectivity index is 2.52. The number of nitrogens with zero attached hydrogens (tertiary/aromatic N) is 1. The van der Waals surface area contributed by atoms with Crippen LogP contribution in [0.4, 0.5) is 0 Å². The standard InChI is InChI=1S/C12H20N2O/c1-3-5-8-15-12-10-14-7-6-11(12)9-13-4-2/h6-7,10,13H,3-5,8-9H2,1-2H3. The van der Waals surface area contributed by atoms with Crippen molar-refractivity contribution in [3.63, 3.8) is 0 Å². The van der Waals surface area contributed by atoms with Crippen LogP contribution in [0.25, 0.3) is 0 Å². The van der Waals surface area contributed by atoms with Gasteiger partial charge in [0.15, 0.2) is 0 Å². The number of rotatable bonds is 7. The topological polar surface area (TPSA) is 34.1 Å². The lowest BCUT2D eigenvalue weighted by Gasteiger charge is -2.10. The van der Waals surface area contributed by atoms with Gasteiger partial charge in [-0.05, 0) is 19.0 Å². The maximum absolute atomic E-state index is 5.67. The van der Waals surface area contributed by atoms with Crippen molar-refractivity contribution in [2.45, 2.75) is 33.2 Å². The Morgan fingerprint density at radius 1 is 1.40 bits per heavy atom. The number of hydrogen-bond acceptors (Lipinski definition) is 3. The number of nitrogens with one attached hydrogen (secondary N) is 1. The molecule has 84 valence electrons. The van der Waals surface area contributed by atoms with Gasteiger partial charge in [-0.2, -0.15) is 0 Å². The van der Waals surface area contributed by atoms with E-state index in [0.717, 1.165) is 38.3 Å². The molecule has 0 aliphatic carbocycles. The van der Waals surface area contributed by atoms with Gasteiger partial charge in [-0.15, -0.1) is 0 Å². The number of aromatic nitrogens is 1. The molecule has 0 spiro atoms. The Labute approximate surface area is 91.9 Å². The first-order chi connectivity index (χ1) is 7.38. The summed E-state index contributed by atoms with van der Waals surface area (Å²) in [6.07, 6.45) is 5.85. The predicted molar refractivity (Wildman–Crippen MR) is 62.0 cm³/mol. The zero-order chi connectivity index (χ0) is 10.9. The van der Waals surface area contributed by atoms with Gasteiger partial charge in [0.05, 0.1) is 12.8 Å². The molecule has 0 unspecified atom stereocenters. The van der Waals surface area contributed by atoms with Gasteiger partial charge in [0.25, 0.3) is 0 Å². The molecule has 0 bridgehead atoms. The Bertz CT molecular complexity index is 276. The molecule has 0 radical (unpaired) electrons. The number of unbranched alkanes of at least 4 members (excludes halogenated alkanes) is 1. The SMILES string of the molecule is CCCCOc1cnccc1CNCC. The van der Waals surface area contributed by atoms with E-state index in [9.17, 15) is 0 Å². The van der Waals surface area contributed by atoms with Crippen molar-refractivity contribution in [1.29, 1.82) is 0 Å². The smallest absolute Gasteiger partial charge is 0.142 e. The fourth-order valence-electron chi connectivity index (χ4n) is 1.27. The maximum Gasteiger partial charge on any atom is 0.142 e. The minimum atomic E-state index is 0.779. The summed E-state index contributed by atoms with van der Waals surface area (Å²) in [4.78, 5) is 4.08. The lowest BCUT2D eigenvalue weighted by Crippen LogP contribution is -2.13. The summed E-state index contributed by atoms with van der Waals surface area (Å²) in [5.74, 6) is 0.909. The van der Waals surface area contributed by atoms with E-state index in [1.54, 1.807) is 12.4 Å². The lowest BCUT2D eigenvalue weighted by atomic mass is 10.2. The molecule has 0 fully saturated rings. The van der Waals surface area contributed by atoms with Crippen molar-refractivity contribution in [3.05, 3.63) is 24.0 Å². The molecule has 3 heteroatoms. The Kier molecular flexibility index (Phi) is 5.78. The van der Waals surface area contributed by atoms with E-state index < -0.39 is 0 Å². The van der Waals surface area contributed by atoms with Crippen molar-refractivity contribution >= 4 is 0 Å². The molecule has 15 heavy (non-hydrogen) atoms. The van der Waals surface area contributed by atoms with Gasteiger partial charge in [-0.1, -0.05) is 20.3 Å². The molecule has 0 aliphatic heterocycles. The molecule has 1 heterocycles. The van der Waals surface area contributed by atoms with E-state index in [1.165, 1.54) is 5.56 Å². The van der Waals surface area contributed by atoms with E-state index >= 15 is 0 Å². The van der Waals surface area contributed by atoms with E-state index in [-0.39, 0.29) is 0 Å². The molecule has 1 rings (SSSR count). The zero-order valence-electron chi connectivity index (χ0n) is 9.62. The highest BCUT2D eigenvalue weighted by atomic mass is 16.5. The van der Waals surface area contributed by atoms with Gasteiger partial charge in [0.2, 0.25) is 0 Å². The highest BCUT2D eigenvalue weighted by Crippen LogP contribution is 2.16. The van der Waals surface area contributed by atoms with Gasteiger partial charge < -0.3 is 10.1 Å². The van der Waals surface area contributed by atoms with Crippen LogP contribution in [0.1, 0.15) is 32.3 Å². The van der Waals surface area contributed by atoms with E-state index in [1.807, 2.05) is 6.07 Å². The van der Waals surface area contributed by atoms with Crippen LogP contribution in [0.5, 0.6) is 5.75 Å². The van der Waals surface area contributed by atoms with Crippen molar-refractivity contribution in [1.82, 2.24) is 10.3 Å². The molecule has 0 saturated heterocycles. The van der Waals surface area contributed by atoms with Gasteiger partial charge in [-0.3, -0.25) is 4.98 Å². The number of ether oxygens (including phenoxy) is 1. The van der Waals surface area contributed by atoms with E-state index in [2.05, 4.69) is 24.1 Å². The highest BCUT2D eigenvalue weighted by Gasteiger charge is 2.01. The third-order valence-corrected chi connectivity index (χ3v) is 2.19. The van der Waals surface area contributed by atoms with Crippen LogP contribution in [0, 0.1) is 0 Å². The minimum absolute atomic E-state index is 0.779. The van der Waals surface area contributed by atoms with Crippen molar-refractivity contribution in [2.75, 3.05) is 13.2 Å². The quantitative estimate of drug-likeness (QED) is 0.698. The summed E-state index contributed by atoms with van der Waals surface area (Å²) in [7, 11) is 0. The van der Waals surface area contributed by atoms with Crippen LogP contribution in [0.3, 0.4) is 0 Å². The number of pyridine rings is 1. The molecule has 1 N–H and O–H groups in total. The fourth-order valence-corrected chi connectivity index (χ4v) is 1.27. The zero-order valence-corrected chi connectivity index (χ0v) is 9.62. The van der Waals surface area contributed by atoms with Crippen LogP contribution >= 0.6 is 0 Å². The average Bonchev–Trinajstić information content (AvgIpc) is 2.28. The third-order valence-electron chi connectivity index (χ3n) is 2.19. The monoisotopic (exact) mass is 208 g/mol. The highest BCUT2D eigenvalue weighted by molar-refractivity contribution is 5.29. The molecular weight excluding hydrogens is 188 g/mol. The third kappa shape index (κ3) is 4.30. The van der Waals surface area contributed by atoms with E-state index in [0.29, 0.717) is 0 Å². The molecule has 3 nitrogen and oxygen atoms in total. The molecule has 0 atom stereocenters. The molecule has 1 aromatic heterocycles. The molecular formula is C12H20N2O. The van der Waals surface area contributed by atoms with Crippen LogP contribution in [-0.2, 0) is 6.54 Å². The van der Waals surface area contributed by atoms with Crippen LogP contribution in [0.15, 0.2) is 18.5 Å². The summed E-state index contributed by atoms with van der Waals surface area (Å²) in [6, 6.07) is 2.00. The van der Waals surface area contributed by atoms with Crippen LogP contribution in [-0.4, -0.2) is 18.1 Å². The van der Waals surface area contributed by atoms with E-state index in [4.69, 9.17) is 4.74 Å². The van der Waals surface area contributed by atoms with Crippen molar-refractivity contribution < 1.29 is 4.74 Å². The number of hydrogen-bond donors (Lipinski definition) is 1.